The van der Waals surface area contributed by atoms with Crippen LogP contribution in [0, 0.1) is 0 Å². The van der Waals surface area contributed by atoms with E-state index in [4.69, 9.17) is 11.6 Å². The van der Waals surface area contributed by atoms with Gasteiger partial charge in [0.05, 0.1) is 0 Å². The highest BCUT2D eigenvalue weighted by atomic mass is 35.5. The first-order valence-corrected chi connectivity index (χ1v) is 9.68. The molecule has 0 aromatic heterocycles. The first-order chi connectivity index (χ1) is 12.6. The van der Waals surface area contributed by atoms with Crippen LogP contribution in [0.15, 0.2) is 35.8 Å². The van der Waals surface area contributed by atoms with Gasteiger partial charge in [-0.3, -0.25) is 4.99 Å². The molecule has 5 nitrogen and oxygen atoms in total. The summed E-state index contributed by atoms with van der Waals surface area (Å²) in [5, 5.41) is 4.27. The molecular weight excluding hydrogens is 346 g/mol. The molecule has 1 aliphatic heterocycles. The number of nitrogens with one attached hydrogen (secondary N) is 1. The van der Waals surface area contributed by atoms with Crippen LogP contribution in [-0.2, 0) is 6.54 Å². The summed E-state index contributed by atoms with van der Waals surface area (Å²) in [6, 6.07) is 6.18. The third kappa shape index (κ3) is 5.64. The Labute approximate surface area is 163 Å². The number of nitrogens with zero attached hydrogens (tertiary/aromatic N) is 4. The topological polar surface area (TPSA) is 34.1 Å². The lowest BCUT2D eigenvalue weighted by molar-refractivity contribution is 0.312. The van der Waals surface area contributed by atoms with Crippen molar-refractivity contribution < 1.29 is 0 Å². The van der Waals surface area contributed by atoms with Gasteiger partial charge >= 0.3 is 0 Å². The Balaban J connectivity index is 2.05. The van der Waals surface area contributed by atoms with E-state index in [2.05, 4.69) is 51.7 Å². The normalized spacial score (nSPS) is 15.8. The molecule has 144 valence electrons. The largest absolute Gasteiger partial charge is 0.369 e. The van der Waals surface area contributed by atoms with Gasteiger partial charge in [0.25, 0.3) is 0 Å². The van der Waals surface area contributed by atoms with E-state index in [1.54, 1.807) is 0 Å². The fourth-order valence-corrected chi connectivity index (χ4v) is 3.43. The zero-order chi connectivity index (χ0) is 18.9. The van der Waals surface area contributed by atoms with Crippen LogP contribution in [0.3, 0.4) is 0 Å². The van der Waals surface area contributed by atoms with Gasteiger partial charge in [0.1, 0.15) is 0 Å². The van der Waals surface area contributed by atoms with Crippen molar-refractivity contribution in [2.24, 2.45) is 4.99 Å². The number of guanidine groups is 1. The molecule has 1 N–H and O–H groups in total. The zero-order valence-corrected chi connectivity index (χ0v) is 17.1. The summed E-state index contributed by atoms with van der Waals surface area (Å²) in [6.07, 6.45) is 4.04. The van der Waals surface area contributed by atoms with Crippen LogP contribution < -0.4 is 10.2 Å². The molecule has 1 saturated heterocycles. The molecule has 1 fully saturated rings. The van der Waals surface area contributed by atoms with E-state index >= 15 is 0 Å². The maximum Gasteiger partial charge on any atom is 0.193 e. The molecule has 0 aliphatic carbocycles. The maximum absolute atomic E-state index is 6.54. The van der Waals surface area contributed by atoms with Crippen LogP contribution in [0.5, 0.6) is 0 Å². The molecule has 0 bridgehead atoms. The lowest BCUT2D eigenvalue weighted by Gasteiger charge is -2.35. The number of unbranched alkanes of at least 4 members (excludes halogenated alkanes) is 1. The van der Waals surface area contributed by atoms with Crippen LogP contribution in [0.2, 0.25) is 5.02 Å². The van der Waals surface area contributed by atoms with Gasteiger partial charge in [-0.2, -0.15) is 0 Å². The molecular formula is C20H32ClN5. The number of halogens is 1. The van der Waals surface area contributed by atoms with Crippen LogP contribution in [0.4, 0.5) is 5.69 Å². The number of piperazine rings is 1. The first-order valence-electron chi connectivity index (χ1n) is 9.30. The fourth-order valence-electron chi connectivity index (χ4n) is 3.20. The number of rotatable bonds is 7. The molecule has 26 heavy (non-hydrogen) atoms. The summed E-state index contributed by atoms with van der Waals surface area (Å²) < 4.78 is 0. The molecule has 0 unspecified atom stereocenters. The summed E-state index contributed by atoms with van der Waals surface area (Å²) >= 11 is 6.54. The van der Waals surface area contributed by atoms with E-state index in [-0.39, 0.29) is 0 Å². The second-order valence-electron chi connectivity index (χ2n) is 6.78. The standard InChI is InChI=1S/C20H32ClN5/c1-5-6-7-11-25(4)20(22-2)23-16-17-18(21)9-8-10-19(17)26-14-12-24(3)13-15-26/h5,8-10H,1,6-7,11-16H2,2-4H3,(H,22,23). The summed E-state index contributed by atoms with van der Waals surface area (Å²) in [6.45, 7) is 9.60. The van der Waals surface area contributed by atoms with Gasteiger partial charge in [-0.1, -0.05) is 23.7 Å². The molecule has 0 atom stereocenters. The molecule has 0 amide bonds. The van der Waals surface area contributed by atoms with E-state index in [0.29, 0.717) is 6.54 Å². The molecule has 0 radical (unpaired) electrons. The maximum atomic E-state index is 6.54. The monoisotopic (exact) mass is 377 g/mol. The zero-order valence-electron chi connectivity index (χ0n) is 16.3. The molecule has 2 rings (SSSR count). The van der Waals surface area contributed by atoms with Crippen LogP contribution >= 0.6 is 11.6 Å². The van der Waals surface area contributed by atoms with Crippen molar-refractivity contribution in [3.05, 3.63) is 41.4 Å². The first kappa shape index (κ1) is 20.6. The summed E-state index contributed by atoms with van der Waals surface area (Å²) in [5.41, 5.74) is 2.36. The third-order valence-electron chi connectivity index (χ3n) is 4.84. The molecule has 1 aromatic carbocycles. The minimum atomic E-state index is 0.666. The van der Waals surface area contributed by atoms with Gasteiger partial charge in [0.15, 0.2) is 5.96 Å². The predicted octanol–water partition coefficient (Wildman–Crippen LogP) is 3.07. The number of aliphatic imine (C=N–C) groups is 1. The van der Waals surface area contributed by atoms with Crippen molar-refractivity contribution in [1.82, 2.24) is 15.1 Å². The van der Waals surface area contributed by atoms with E-state index in [0.717, 1.165) is 62.1 Å². The van der Waals surface area contributed by atoms with Crippen LogP contribution in [0.1, 0.15) is 18.4 Å². The highest BCUT2D eigenvalue weighted by Crippen LogP contribution is 2.28. The van der Waals surface area contributed by atoms with Crippen LogP contribution in [0.25, 0.3) is 0 Å². The Kier molecular flexibility index (Phi) is 8.26. The van der Waals surface area contributed by atoms with Gasteiger partial charge in [-0.25, -0.2) is 0 Å². The van der Waals surface area contributed by atoms with Crippen molar-refractivity contribution in [3.8, 4) is 0 Å². The summed E-state index contributed by atoms with van der Waals surface area (Å²) in [4.78, 5) is 11.3. The minimum Gasteiger partial charge on any atom is -0.369 e. The van der Waals surface area contributed by atoms with Gasteiger partial charge < -0.3 is 20.0 Å². The molecule has 0 spiro atoms. The number of benzene rings is 1. The average Bonchev–Trinajstić information content (AvgIpc) is 2.64. The van der Waals surface area contributed by atoms with Crippen molar-refractivity contribution in [2.45, 2.75) is 19.4 Å². The van der Waals surface area contributed by atoms with Crippen molar-refractivity contribution in [2.75, 3.05) is 58.8 Å². The number of allylic oxidation sites excluding steroid dienone is 1. The molecule has 6 heteroatoms. The van der Waals surface area contributed by atoms with E-state index in [9.17, 15) is 0 Å². The van der Waals surface area contributed by atoms with E-state index in [1.165, 1.54) is 5.69 Å². The fraction of sp³-hybridized carbons (Fsp3) is 0.550. The van der Waals surface area contributed by atoms with Gasteiger partial charge in [-0.15, -0.1) is 6.58 Å². The van der Waals surface area contributed by atoms with Crippen molar-refractivity contribution in [1.29, 1.82) is 0 Å². The smallest absolute Gasteiger partial charge is 0.193 e. The third-order valence-corrected chi connectivity index (χ3v) is 5.19. The predicted molar refractivity (Wildman–Crippen MR) is 113 cm³/mol. The summed E-state index contributed by atoms with van der Waals surface area (Å²) in [7, 11) is 6.05. The minimum absolute atomic E-state index is 0.666. The molecule has 0 saturated carbocycles. The Morgan fingerprint density at radius 3 is 2.73 bits per heavy atom. The van der Waals surface area contributed by atoms with E-state index < -0.39 is 0 Å². The summed E-state index contributed by atoms with van der Waals surface area (Å²) in [5.74, 6) is 0.887. The van der Waals surface area contributed by atoms with Crippen molar-refractivity contribution >= 4 is 23.2 Å². The lowest BCUT2D eigenvalue weighted by Crippen LogP contribution is -2.45. The lowest BCUT2D eigenvalue weighted by atomic mass is 10.1. The Hall–Kier alpha value is -1.72. The number of hydrogen-bond acceptors (Lipinski definition) is 3. The second kappa shape index (κ2) is 10.4. The Morgan fingerprint density at radius 2 is 2.08 bits per heavy atom. The number of anilines is 1. The average molecular weight is 378 g/mol. The van der Waals surface area contributed by atoms with E-state index in [1.807, 2.05) is 25.3 Å². The van der Waals surface area contributed by atoms with Gasteiger partial charge in [0, 0.05) is 69.6 Å². The van der Waals surface area contributed by atoms with Gasteiger partial charge in [-0.05, 0) is 32.0 Å². The Morgan fingerprint density at radius 1 is 1.35 bits per heavy atom. The molecule has 1 aliphatic rings. The molecule has 1 aromatic rings. The van der Waals surface area contributed by atoms with Crippen LogP contribution in [-0.4, -0.2) is 69.6 Å². The quantitative estimate of drug-likeness (QED) is 0.343. The SMILES string of the molecule is C=CCCCN(C)C(=NC)NCc1c(Cl)cccc1N1CCN(C)CC1. The second-order valence-corrected chi connectivity index (χ2v) is 7.19. The highest BCUT2D eigenvalue weighted by Gasteiger charge is 2.18. The Bertz CT molecular complexity index is 608. The molecule has 1 heterocycles. The highest BCUT2D eigenvalue weighted by molar-refractivity contribution is 6.31. The number of hydrogen-bond donors (Lipinski definition) is 1. The van der Waals surface area contributed by atoms with Crippen molar-refractivity contribution in [3.63, 3.8) is 0 Å². The number of likely N-dealkylation sites (N-methyl/N-ethyl adjacent to an activating group) is 1. The van der Waals surface area contributed by atoms with Gasteiger partial charge in [0.2, 0.25) is 0 Å².